The van der Waals surface area contributed by atoms with E-state index < -0.39 is 12.1 Å². The van der Waals surface area contributed by atoms with E-state index in [1.165, 1.54) is 0 Å². The van der Waals surface area contributed by atoms with Crippen LogP contribution in [0.1, 0.15) is 17.8 Å². The second kappa shape index (κ2) is 9.51. The molecule has 32 heavy (non-hydrogen) atoms. The van der Waals surface area contributed by atoms with Gasteiger partial charge in [0.05, 0.1) is 24.6 Å². The number of imide groups is 1. The van der Waals surface area contributed by atoms with Crippen LogP contribution in [0.2, 0.25) is 0 Å². The van der Waals surface area contributed by atoms with Crippen molar-refractivity contribution in [3.63, 3.8) is 0 Å². The van der Waals surface area contributed by atoms with Gasteiger partial charge >= 0.3 is 6.03 Å². The van der Waals surface area contributed by atoms with Crippen molar-refractivity contribution >= 4 is 28.9 Å². The molecule has 1 unspecified atom stereocenters. The number of carbonyl (C=O) groups excluding carboxylic acids is 3. The minimum absolute atomic E-state index is 0.0935. The number of para-hydroxylation sites is 2. The summed E-state index contributed by atoms with van der Waals surface area (Å²) in [7, 11) is 1.59. The fraction of sp³-hybridized carbons (Fsp3) is 0.304. The van der Waals surface area contributed by atoms with Gasteiger partial charge < -0.3 is 20.4 Å². The number of aromatic nitrogens is 2. The molecule has 9 nitrogen and oxygen atoms in total. The van der Waals surface area contributed by atoms with E-state index in [2.05, 4.69) is 20.6 Å². The number of benzene rings is 2. The lowest BCUT2D eigenvalue weighted by Crippen LogP contribution is -2.37. The van der Waals surface area contributed by atoms with Gasteiger partial charge in [0.1, 0.15) is 17.6 Å². The third kappa shape index (κ3) is 4.88. The summed E-state index contributed by atoms with van der Waals surface area (Å²) in [5.74, 6) is 0.851. The van der Waals surface area contributed by atoms with Crippen LogP contribution >= 0.6 is 0 Å². The van der Waals surface area contributed by atoms with Gasteiger partial charge in [-0.25, -0.2) is 9.78 Å². The number of hydrogen-bond donors (Lipinski definition) is 3. The van der Waals surface area contributed by atoms with Crippen LogP contribution in [0.25, 0.3) is 11.0 Å². The molecule has 0 saturated carbocycles. The summed E-state index contributed by atoms with van der Waals surface area (Å²) in [6.45, 7) is 0.635. The van der Waals surface area contributed by atoms with Crippen molar-refractivity contribution in [1.82, 2.24) is 25.5 Å². The normalized spacial score (nSPS) is 15.8. The maximum Gasteiger partial charge on any atom is 0.324 e. The zero-order chi connectivity index (χ0) is 22.5. The van der Waals surface area contributed by atoms with Gasteiger partial charge in [0.2, 0.25) is 5.91 Å². The summed E-state index contributed by atoms with van der Waals surface area (Å²) >= 11 is 0. The van der Waals surface area contributed by atoms with Crippen molar-refractivity contribution in [2.45, 2.75) is 25.3 Å². The zero-order valence-corrected chi connectivity index (χ0v) is 17.8. The summed E-state index contributed by atoms with van der Waals surface area (Å²) < 4.78 is 5.13. The van der Waals surface area contributed by atoms with E-state index in [9.17, 15) is 14.4 Å². The molecule has 0 radical (unpaired) electrons. The van der Waals surface area contributed by atoms with E-state index >= 15 is 0 Å². The molecule has 1 aromatic heterocycles. The monoisotopic (exact) mass is 435 g/mol. The molecular formula is C23H25N5O4. The van der Waals surface area contributed by atoms with Crippen LogP contribution in [0.4, 0.5) is 4.79 Å². The number of ether oxygens (including phenoxy) is 1. The van der Waals surface area contributed by atoms with Gasteiger partial charge in [-0.2, -0.15) is 0 Å². The van der Waals surface area contributed by atoms with Gasteiger partial charge in [-0.05, 0) is 36.2 Å². The van der Waals surface area contributed by atoms with Gasteiger partial charge in [-0.15, -0.1) is 0 Å². The number of nitrogens with one attached hydrogen (secondary N) is 3. The van der Waals surface area contributed by atoms with Crippen LogP contribution in [0.3, 0.4) is 0 Å². The Hall–Kier alpha value is -3.88. The number of H-pyrrole nitrogens is 1. The smallest absolute Gasteiger partial charge is 0.324 e. The third-order valence-electron chi connectivity index (χ3n) is 5.40. The quantitative estimate of drug-likeness (QED) is 0.443. The Morgan fingerprint density at radius 3 is 2.66 bits per heavy atom. The van der Waals surface area contributed by atoms with E-state index in [0.717, 1.165) is 33.1 Å². The first-order valence-corrected chi connectivity index (χ1v) is 10.5. The number of rotatable bonds is 9. The predicted octanol–water partition coefficient (Wildman–Crippen LogP) is 1.78. The predicted molar refractivity (Wildman–Crippen MR) is 118 cm³/mol. The second-order valence-electron chi connectivity index (χ2n) is 7.59. The molecule has 1 aliphatic heterocycles. The molecule has 3 aromatic rings. The lowest BCUT2D eigenvalue weighted by Gasteiger charge is -2.13. The van der Waals surface area contributed by atoms with E-state index in [0.29, 0.717) is 19.4 Å². The average molecular weight is 435 g/mol. The number of hydrogen-bond acceptors (Lipinski definition) is 5. The van der Waals surface area contributed by atoms with Crippen molar-refractivity contribution in [2.75, 3.05) is 20.2 Å². The van der Waals surface area contributed by atoms with E-state index in [4.69, 9.17) is 4.74 Å². The topological polar surface area (TPSA) is 116 Å². The van der Waals surface area contributed by atoms with Crippen LogP contribution in [-0.2, 0) is 22.4 Å². The highest BCUT2D eigenvalue weighted by atomic mass is 16.5. The molecule has 0 bridgehead atoms. The van der Waals surface area contributed by atoms with Crippen molar-refractivity contribution in [1.29, 1.82) is 0 Å². The average Bonchev–Trinajstić information content (AvgIpc) is 3.32. The number of aromatic amines is 1. The van der Waals surface area contributed by atoms with Crippen molar-refractivity contribution in [2.24, 2.45) is 0 Å². The molecule has 1 aliphatic rings. The lowest BCUT2D eigenvalue weighted by molar-refractivity contribution is -0.130. The summed E-state index contributed by atoms with van der Waals surface area (Å²) in [6, 6.07) is 13.9. The number of amides is 4. The Morgan fingerprint density at radius 2 is 1.91 bits per heavy atom. The summed E-state index contributed by atoms with van der Waals surface area (Å²) in [5, 5.41) is 5.39. The van der Waals surface area contributed by atoms with E-state index in [1.54, 1.807) is 7.11 Å². The Kier molecular flexibility index (Phi) is 6.34. The van der Waals surface area contributed by atoms with Crippen molar-refractivity contribution < 1.29 is 19.1 Å². The van der Waals surface area contributed by atoms with E-state index in [-0.39, 0.29) is 24.8 Å². The first kappa shape index (κ1) is 21.4. The minimum Gasteiger partial charge on any atom is -0.497 e. The number of methoxy groups -OCH3 is 1. The van der Waals surface area contributed by atoms with Crippen LogP contribution in [0.5, 0.6) is 5.75 Å². The highest BCUT2D eigenvalue weighted by molar-refractivity contribution is 6.05. The maximum atomic E-state index is 12.6. The second-order valence-corrected chi connectivity index (χ2v) is 7.59. The Morgan fingerprint density at radius 1 is 1.12 bits per heavy atom. The van der Waals surface area contributed by atoms with Crippen LogP contribution in [0, 0.1) is 0 Å². The molecule has 4 rings (SSSR count). The van der Waals surface area contributed by atoms with Gasteiger partial charge in [0.15, 0.2) is 0 Å². The molecule has 1 atom stereocenters. The van der Waals surface area contributed by atoms with Gasteiger partial charge in [-0.1, -0.05) is 24.3 Å². The fourth-order valence-corrected chi connectivity index (χ4v) is 3.66. The molecule has 9 heteroatoms. The highest BCUT2D eigenvalue weighted by Gasteiger charge is 2.38. The minimum atomic E-state index is -0.843. The third-order valence-corrected chi connectivity index (χ3v) is 5.40. The largest absolute Gasteiger partial charge is 0.497 e. The first-order valence-electron chi connectivity index (χ1n) is 10.5. The zero-order valence-electron chi connectivity index (χ0n) is 17.8. The van der Waals surface area contributed by atoms with Crippen LogP contribution in [0.15, 0.2) is 48.5 Å². The van der Waals surface area contributed by atoms with Crippen molar-refractivity contribution in [3.8, 4) is 5.75 Å². The lowest BCUT2D eigenvalue weighted by atomic mass is 10.1. The number of fused-ring (bicyclic) bond motifs is 1. The van der Waals surface area contributed by atoms with Gasteiger partial charge in [0.25, 0.3) is 5.91 Å². The molecule has 0 spiro atoms. The molecule has 166 valence electrons. The Bertz CT molecular complexity index is 1090. The van der Waals surface area contributed by atoms with Gasteiger partial charge in [-0.3, -0.25) is 14.5 Å². The molecule has 0 aliphatic carbocycles. The Balaban J connectivity index is 1.23. The SMILES string of the molecule is COc1ccc(CCN2C(=O)NC(CC(=O)NCCc3nc4ccccc4[nH]3)C2=O)cc1. The molecule has 1 fully saturated rings. The molecule has 3 N–H and O–H groups in total. The van der Waals surface area contributed by atoms with E-state index in [1.807, 2.05) is 48.5 Å². The maximum absolute atomic E-state index is 12.6. The number of nitrogens with zero attached hydrogens (tertiary/aromatic N) is 2. The van der Waals surface area contributed by atoms with Crippen LogP contribution < -0.4 is 15.4 Å². The summed E-state index contributed by atoms with van der Waals surface area (Å²) in [4.78, 5) is 45.9. The van der Waals surface area contributed by atoms with Crippen LogP contribution in [-0.4, -0.2) is 59.0 Å². The first-order chi connectivity index (χ1) is 15.5. The molecule has 4 amide bonds. The summed E-state index contributed by atoms with van der Waals surface area (Å²) in [5.41, 5.74) is 2.81. The number of carbonyl (C=O) groups is 3. The van der Waals surface area contributed by atoms with Gasteiger partial charge in [0, 0.05) is 19.5 Å². The fourth-order valence-electron chi connectivity index (χ4n) is 3.66. The summed E-state index contributed by atoms with van der Waals surface area (Å²) in [6.07, 6.45) is 0.975. The molecule has 2 heterocycles. The number of imidazole rings is 1. The number of urea groups is 1. The van der Waals surface area contributed by atoms with Crippen molar-refractivity contribution in [3.05, 3.63) is 59.9 Å². The highest BCUT2D eigenvalue weighted by Crippen LogP contribution is 2.15. The molecule has 1 saturated heterocycles. The molecular weight excluding hydrogens is 410 g/mol. The molecule has 2 aromatic carbocycles. The standard InChI is InChI=1S/C23H25N5O4/c1-32-16-8-6-15(7-9-16)11-13-28-22(30)19(27-23(28)31)14-21(29)24-12-10-20-25-17-4-2-3-5-18(17)26-20/h2-9,19H,10-14H2,1H3,(H,24,29)(H,25,26)(H,27,31). The Labute approximate surface area is 185 Å².